The molecule has 6 heteroatoms. The van der Waals surface area contributed by atoms with Gasteiger partial charge in [-0.15, -0.1) is 0 Å². The van der Waals surface area contributed by atoms with Crippen LogP contribution in [0.1, 0.15) is 16.7 Å². The first kappa shape index (κ1) is 21.1. The molecule has 3 aromatic carbocycles. The predicted octanol–water partition coefficient (Wildman–Crippen LogP) is 5.54. The molecule has 152 valence electrons. The fraction of sp³-hybridized carbons (Fsp3) is 0.217. The number of hydrogen-bond donors (Lipinski definition) is 1. The number of rotatable bonds is 9. The predicted molar refractivity (Wildman–Crippen MR) is 111 cm³/mol. The van der Waals surface area contributed by atoms with Crippen LogP contribution in [0.5, 0.6) is 11.5 Å². The lowest BCUT2D eigenvalue weighted by atomic mass is 10.1. The number of nitrogens with one attached hydrogen (secondary N) is 1. The van der Waals surface area contributed by atoms with Crippen LogP contribution in [0.4, 0.5) is 8.78 Å². The largest absolute Gasteiger partial charge is 0.493 e. The third-order valence-corrected chi connectivity index (χ3v) is 4.87. The minimum atomic E-state index is -0.410. The van der Waals surface area contributed by atoms with Crippen LogP contribution < -0.4 is 14.8 Å². The Kier molecular flexibility index (Phi) is 7.44. The van der Waals surface area contributed by atoms with Crippen LogP contribution in [0, 0.1) is 11.6 Å². The molecule has 0 spiro atoms. The highest BCUT2D eigenvalue weighted by Crippen LogP contribution is 2.30. The highest BCUT2D eigenvalue weighted by atomic mass is 35.5. The quantitative estimate of drug-likeness (QED) is 0.464. The molecule has 0 aromatic heterocycles. The summed E-state index contributed by atoms with van der Waals surface area (Å²) in [6.45, 7) is 1.25. The normalized spacial score (nSPS) is 10.8. The summed E-state index contributed by atoms with van der Waals surface area (Å²) in [4.78, 5) is 0. The zero-order valence-electron chi connectivity index (χ0n) is 16.1. The van der Waals surface area contributed by atoms with Crippen molar-refractivity contribution < 1.29 is 18.3 Å². The minimum Gasteiger partial charge on any atom is -0.493 e. The molecule has 0 bridgehead atoms. The Labute approximate surface area is 174 Å². The maximum Gasteiger partial charge on any atom is 0.161 e. The molecule has 3 nitrogen and oxygen atoms in total. The van der Waals surface area contributed by atoms with Gasteiger partial charge in [-0.25, -0.2) is 8.78 Å². The van der Waals surface area contributed by atoms with E-state index in [1.807, 2.05) is 18.2 Å². The number of benzene rings is 3. The van der Waals surface area contributed by atoms with Gasteiger partial charge >= 0.3 is 0 Å². The van der Waals surface area contributed by atoms with Crippen molar-refractivity contribution in [2.75, 3.05) is 13.7 Å². The van der Waals surface area contributed by atoms with Crippen molar-refractivity contribution in [1.82, 2.24) is 5.32 Å². The molecule has 0 heterocycles. The van der Waals surface area contributed by atoms with Gasteiger partial charge in [0.15, 0.2) is 11.5 Å². The van der Waals surface area contributed by atoms with Crippen molar-refractivity contribution in [2.45, 2.75) is 19.6 Å². The zero-order chi connectivity index (χ0) is 20.6. The molecule has 0 saturated heterocycles. The highest BCUT2D eigenvalue weighted by molar-refractivity contribution is 6.31. The third kappa shape index (κ3) is 5.68. The fourth-order valence-corrected chi connectivity index (χ4v) is 3.14. The van der Waals surface area contributed by atoms with Gasteiger partial charge in [0.25, 0.3) is 0 Å². The molecule has 0 atom stereocenters. The minimum absolute atomic E-state index is 0.00209. The van der Waals surface area contributed by atoms with Gasteiger partial charge in [0, 0.05) is 12.1 Å². The zero-order valence-corrected chi connectivity index (χ0v) is 16.8. The molecule has 0 fully saturated rings. The van der Waals surface area contributed by atoms with Gasteiger partial charge < -0.3 is 14.8 Å². The van der Waals surface area contributed by atoms with Gasteiger partial charge in [-0.2, -0.15) is 0 Å². The van der Waals surface area contributed by atoms with Gasteiger partial charge in [-0.05, 0) is 54.4 Å². The Morgan fingerprint density at radius 1 is 0.931 bits per heavy atom. The van der Waals surface area contributed by atoms with Crippen LogP contribution in [-0.2, 0) is 19.6 Å². The number of hydrogen-bond acceptors (Lipinski definition) is 3. The lowest BCUT2D eigenvalue weighted by molar-refractivity contribution is 0.279. The van der Waals surface area contributed by atoms with Gasteiger partial charge in [-0.3, -0.25) is 0 Å². The average Bonchev–Trinajstić information content (AvgIpc) is 2.72. The molecular weight excluding hydrogens is 396 g/mol. The Morgan fingerprint density at radius 2 is 1.72 bits per heavy atom. The van der Waals surface area contributed by atoms with E-state index in [0.29, 0.717) is 47.2 Å². The molecule has 0 aliphatic heterocycles. The van der Waals surface area contributed by atoms with E-state index in [2.05, 4.69) is 5.32 Å². The van der Waals surface area contributed by atoms with Crippen LogP contribution in [0.25, 0.3) is 0 Å². The summed E-state index contributed by atoms with van der Waals surface area (Å²) in [7, 11) is 1.55. The summed E-state index contributed by atoms with van der Waals surface area (Å²) in [6, 6.07) is 16.8. The average molecular weight is 418 g/mol. The van der Waals surface area contributed by atoms with Gasteiger partial charge in [0.05, 0.1) is 12.1 Å². The molecule has 3 aromatic rings. The Balaban J connectivity index is 1.56. The molecule has 29 heavy (non-hydrogen) atoms. The summed E-state index contributed by atoms with van der Waals surface area (Å²) < 4.78 is 38.6. The van der Waals surface area contributed by atoms with E-state index in [1.54, 1.807) is 37.4 Å². The lowest BCUT2D eigenvalue weighted by Crippen LogP contribution is -2.17. The van der Waals surface area contributed by atoms with E-state index in [4.69, 9.17) is 21.1 Å². The third-order valence-electron chi connectivity index (χ3n) is 4.52. The SMILES string of the molecule is COc1cc(CNCCc2ccccc2F)ccc1OCc1c(F)cccc1Cl. The number of ether oxygens (including phenoxy) is 2. The molecule has 0 saturated carbocycles. The van der Waals surface area contributed by atoms with E-state index in [1.165, 1.54) is 12.1 Å². The van der Waals surface area contributed by atoms with Crippen LogP contribution in [-0.4, -0.2) is 13.7 Å². The molecule has 0 aliphatic carbocycles. The second-order valence-corrected chi connectivity index (χ2v) is 6.90. The molecule has 0 aliphatic rings. The fourth-order valence-electron chi connectivity index (χ4n) is 2.92. The van der Waals surface area contributed by atoms with Crippen LogP contribution in [0.3, 0.4) is 0 Å². The smallest absolute Gasteiger partial charge is 0.161 e. The molecule has 1 N–H and O–H groups in total. The van der Waals surface area contributed by atoms with Crippen LogP contribution in [0.15, 0.2) is 60.7 Å². The van der Waals surface area contributed by atoms with Gasteiger partial charge in [0.2, 0.25) is 0 Å². The molecule has 3 rings (SSSR count). The molecule has 0 amide bonds. The van der Waals surface area contributed by atoms with Gasteiger partial charge in [-0.1, -0.05) is 41.9 Å². The second-order valence-electron chi connectivity index (χ2n) is 6.49. The van der Waals surface area contributed by atoms with E-state index < -0.39 is 5.82 Å². The van der Waals surface area contributed by atoms with E-state index in [-0.39, 0.29) is 12.4 Å². The van der Waals surface area contributed by atoms with Crippen molar-refractivity contribution in [3.8, 4) is 11.5 Å². The monoisotopic (exact) mass is 417 g/mol. The first-order valence-electron chi connectivity index (χ1n) is 9.25. The summed E-state index contributed by atoms with van der Waals surface area (Å²) in [5, 5.41) is 3.61. The first-order chi connectivity index (χ1) is 14.1. The number of halogens is 3. The van der Waals surface area contributed by atoms with Crippen molar-refractivity contribution in [3.63, 3.8) is 0 Å². The second kappa shape index (κ2) is 10.2. The van der Waals surface area contributed by atoms with Crippen LogP contribution >= 0.6 is 11.6 Å². The molecule has 0 radical (unpaired) electrons. The standard InChI is InChI=1S/C23H22ClF2NO2/c1-28-23-13-16(14-27-12-11-17-5-2-3-7-20(17)25)9-10-22(23)29-15-18-19(24)6-4-8-21(18)26/h2-10,13,27H,11-12,14-15H2,1H3. The van der Waals surface area contributed by atoms with E-state index in [0.717, 1.165) is 5.56 Å². The maximum absolute atomic E-state index is 13.9. The summed E-state index contributed by atoms with van der Waals surface area (Å²) in [5.74, 6) is 0.451. The number of methoxy groups -OCH3 is 1. The van der Waals surface area contributed by atoms with Crippen molar-refractivity contribution in [1.29, 1.82) is 0 Å². The van der Waals surface area contributed by atoms with E-state index in [9.17, 15) is 8.78 Å². The maximum atomic E-state index is 13.9. The summed E-state index contributed by atoms with van der Waals surface area (Å²) in [6.07, 6.45) is 0.606. The molecular formula is C23H22ClF2NO2. The summed E-state index contributed by atoms with van der Waals surface area (Å²) >= 11 is 6.04. The topological polar surface area (TPSA) is 30.5 Å². The van der Waals surface area contributed by atoms with Crippen LogP contribution in [0.2, 0.25) is 5.02 Å². The van der Waals surface area contributed by atoms with Crippen molar-refractivity contribution in [3.05, 3.63) is 94.0 Å². The first-order valence-corrected chi connectivity index (χ1v) is 9.63. The van der Waals surface area contributed by atoms with Crippen molar-refractivity contribution in [2.24, 2.45) is 0 Å². The lowest BCUT2D eigenvalue weighted by Gasteiger charge is -2.14. The van der Waals surface area contributed by atoms with E-state index >= 15 is 0 Å². The van der Waals surface area contributed by atoms with Gasteiger partial charge in [0.1, 0.15) is 18.2 Å². The summed E-state index contributed by atoms with van der Waals surface area (Å²) in [5.41, 5.74) is 1.98. The molecule has 0 unspecified atom stereocenters. The Morgan fingerprint density at radius 3 is 2.48 bits per heavy atom. The highest BCUT2D eigenvalue weighted by Gasteiger charge is 2.11. The van der Waals surface area contributed by atoms with Crippen molar-refractivity contribution >= 4 is 11.6 Å². The Bertz CT molecular complexity index is 945. The Hall–Kier alpha value is -2.63.